The molecular weight excluding hydrogens is 436 g/mol. The predicted octanol–water partition coefficient (Wildman–Crippen LogP) is 4.00. The van der Waals surface area contributed by atoms with E-state index in [1.807, 2.05) is 54.6 Å². The number of hydrogen-bond donors (Lipinski definition) is 1. The molecular formula is C26H28N2O4S. The Bertz CT molecular complexity index is 1160. The van der Waals surface area contributed by atoms with Crippen LogP contribution in [0.3, 0.4) is 0 Å². The van der Waals surface area contributed by atoms with Crippen molar-refractivity contribution in [2.24, 2.45) is 5.92 Å². The van der Waals surface area contributed by atoms with Crippen LogP contribution in [0, 0.1) is 5.92 Å². The second-order valence-corrected chi connectivity index (χ2v) is 10.1. The Morgan fingerprint density at radius 2 is 1.42 bits per heavy atom. The molecule has 33 heavy (non-hydrogen) atoms. The number of amides is 1. The number of hydrogen-bond acceptors (Lipinski definition) is 4. The Labute approximate surface area is 195 Å². The van der Waals surface area contributed by atoms with E-state index in [0.717, 1.165) is 16.9 Å². The van der Waals surface area contributed by atoms with Crippen LogP contribution in [0.15, 0.2) is 89.8 Å². The molecule has 0 aliphatic carbocycles. The van der Waals surface area contributed by atoms with Crippen LogP contribution in [0.4, 0.5) is 0 Å². The van der Waals surface area contributed by atoms with Crippen LogP contribution >= 0.6 is 0 Å². The quantitative estimate of drug-likeness (QED) is 0.573. The van der Waals surface area contributed by atoms with Crippen molar-refractivity contribution in [3.8, 4) is 5.75 Å². The Morgan fingerprint density at radius 3 is 2.00 bits per heavy atom. The molecule has 1 aliphatic rings. The number of benzene rings is 3. The molecule has 172 valence electrons. The molecule has 1 atom stereocenters. The van der Waals surface area contributed by atoms with E-state index < -0.39 is 10.0 Å². The summed E-state index contributed by atoms with van der Waals surface area (Å²) in [4.78, 5) is 13.5. The molecule has 0 spiro atoms. The van der Waals surface area contributed by atoms with Crippen LogP contribution in [0.5, 0.6) is 5.75 Å². The van der Waals surface area contributed by atoms with Crippen LogP contribution in [-0.4, -0.2) is 38.8 Å². The van der Waals surface area contributed by atoms with Gasteiger partial charge in [0.05, 0.1) is 18.0 Å². The number of rotatable bonds is 7. The first kappa shape index (κ1) is 23.0. The zero-order chi connectivity index (χ0) is 23.3. The van der Waals surface area contributed by atoms with Crippen molar-refractivity contribution in [3.05, 3.63) is 96.1 Å². The van der Waals surface area contributed by atoms with E-state index in [0.29, 0.717) is 25.9 Å². The molecule has 3 aromatic carbocycles. The zero-order valence-electron chi connectivity index (χ0n) is 18.6. The van der Waals surface area contributed by atoms with Gasteiger partial charge in [0, 0.05) is 19.0 Å². The molecule has 0 aromatic heterocycles. The maximum atomic E-state index is 13.2. The average molecular weight is 465 g/mol. The van der Waals surface area contributed by atoms with Gasteiger partial charge in [0.25, 0.3) is 0 Å². The van der Waals surface area contributed by atoms with Gasteiger partial charge in [0.15, 0.2) is 0 Å². The molecule has 0 saturated carbocycles. The first-order valence-electron chi connectivity index (χ1n) is 11.0. The summed E-state index contributed by atoms with van der Waals surface area (Å²) in [5.74, 6) is 0.456. The van der Waals surface area contributed by atoms with E-state index in [-0.39, 0.29) is 22.8 Å². The van der Waals surface area contributed by atoms with Crippen LogP contribution in [0.1, 0.15) is 30.0 Å². The molecule has 0 bridgehead atoms. The normalized spacial score (nSPS) is 16.2. The van der Waals surface area contributed by atoms with Gasteiger partial charge in [-0.15, -0.1) is 0 Å². The van der Waals surface area contributed by atoms with Crippen molar-refractivity contribution >= 4 is 15.9 Å². The smallest absolute Gasteiger partial charge is 0.243 e. The third-order valence-corrected chi connectivity index (χ3v) is 7.99. The number of nitrogens with one attached hydrogen (secondary N) is 1. The summed E-state index contributed by atoms with van der Waals surface area (Å²) in [6.45, 7) is 0.654. The number of ether oxygens (including phenoxy) is 1. The number of piperidine rings is 1. The van der Waals surface area contributed by atoms with E-state index >= 15 is 0 Å². The molecule has 1 N–H and O–H groups in total. The lowest BCUT2D eigenvalue weighted by atomic mass is 9.94. The van der Waals surface area contributed by atoms with E-state index in [4.69, 9.17) is 4.74 Å². The summed E-state index contributed by atoms with van der Waals surface area (Å²) in [6.07, 6.45) is 0.976. The summed E-state index contributed by atoms with van der Waals surface area (Å²) in [7, 11) is -1.92. The fraction of sp³-hybridized carbons (Fsp3) is 0.269. The largest absolute Gasteiger partial charge is 0.497 e. The standard InChI is InChI=1S/C26H28N2O4S/c1-32-23-14-12-21(13-15-23)25(20-8-4-2-5-9-20)27-26(29)22-16-18-28(19-17-22)33(30,31)24-10-6-3-7-11-24/h2-15,22,25H,16-19H2,1H3,(H,27,29)/t25-/m0/s1. The van der Waals surface area contributed by atoms with Gasteiger partial charge in [0.2, 0.25) is 15.9 Å². The molecule has 0 unspecified atom stereocenters. The Balaban J connectivity index is 1.46. The highest BCUT2D eigenvalue weighted by atomic mass is 32.2. The molecule has 1 fully saturated rings. The lowest BCUT2D eigenvalue weighted by Gasteiger charge is -2.31. The van der Waals surface area contributed by atoms with E-state index in [9.17, 15) is 13.2 Å². The Hall–Kier alpha value is -3.16. The minimum atomic E-state index is -3.54. The van der Waals surface area contributed by atoms with E-state index in [1.165, 1.54) is 4.31 Å². The summed E-state index contributed by atoms with van der Waals surface area (Å²) in [6, 6.07) is 25.6. The highest BCUT2D eigenvalue weighted by Gasteiger charge is 2.33. The van der Waals surface area contributed by atoms with Crippen LogP contribution in [-0.2, 0) is 14.8 Å². The molecule has 1 aliphatic heterocycles. The van der Waals surface area contributed by atoms with Gasteiger partial charge >= 0.3 is 0 Å². The second-order valence-electron chi connectivity index (χ2n) is 8.12. The summed E-state index contributed by atoms with van der Waals surface area (Å²) < 4.78 is 32.5. The van der Waals surface area contributed by atoms with E-state index in [1.54, 1.807) is 37.4 Å². The summed E-state index contributed by atoms with van der Waals surface area (Å²) in [5, 5.41) is 3.19. The van der Waals surface area contributed by atoms with Gasteiger partial charge in [-0.25, -0.2) is 8.42 Å². The molecule has 4 rings (SSSR count). The Morgan fingerprint density at radius 1 is 0.879 bits per heavy atom. The SMILES string of the molecule is COc1ccc([C@@H](NC(=O)C2CCN(S(=O)(=O)c3ccccc3)CC2)c2ccccc2)cc1. The maximum Gasteiger partial charge on any atom is 0.243 e. The fourth-order valence-electron chi connectivity index (χ4n) is 4.16. The van der Waals surface area contributed by atoms with Crippen molar-refractivity contribution in [1.29, 1.82) is 0 Å². The first-order valence-corrected chi connectivity index (χ1v) is 12.5. The number of nitrogens with zero attached hydrogens (tertiary/aromatic N) is 1. The highest BCUT2D eigenvalue weighted by Crippen LogP contribution is 2.27. The molecule has 7 heteroatoms. The van der Waals surface area contributed by atoms with Gasteiger partial charge in [-0.2, -0.15) is 4.31 Å². The average Bonchev–Trinajstić information content (AvgIpc) is 2.88. The molecule has 1 amide bonds. The van der Waals surface area contributed by atoms with Crippen molar-refractivity contribution in [3.63, 3.8) is 0 Å². The van der Waals surface area contributed by atoms with Crippen molar-refractivity contribution in [2.75, 3.05) is 20.2 Å². The lowest BCUT2D eigenvalue weighted by Crippen LogP contribution is -2.43. The van der Waals surface area contributed by atoms with Gasteiger partial charge in [0.1, 0.15) is 5.75 Å². The number of methoxy groups -OCH3 is 1. The topological polar surface area (TPSA) is 75.7 Å². The van der Waals surface area contributed by atoms with Crippen LogP contribution in [0.25, 0.3) is 0 Å². The minimum Gasteiger partial charge on any atom is -0.497 e. The lowest BCUT2D eigenvalue weighted by molar-refractivity contribution is -0.126. The summed E-state index contributed by atoms with van der Waals surface area (Å²) in [5.41, 5.74) is 1.94. The highest BCUT2D eigenvalue weighted by molar-refractivity contribution is 7.89. The van der Waals surface area contributed by atoms with Gasteiger partial charge in [-0.1, -0.05) is 60.7 Å². The van der Waals surface area contributed by atoms with Crippen LogP contribution < -0.4 is 10.1 Å². The third kappa shape index (κ3) is 5.26. The van der Waals surface area contributed by atoms with Gasteiger partial charge in [-0.05, 0) is 48.2 Å². The van der Waals surface area contributed by atoms with E-state index in [2.05, 4.69) is 5.32 Å². The van der Waals surface area contributed by atoms with Gasteiger partial charge < -0.3 is 10.1 Å². The zero-order valence-corrected chi connectivity index (χ0v) is 19.4. The molecule has 0 radical (unpaired) electrons. The number of sulfonamides is 1. The maximum absolute atomic E-state index is 13.2. The monoisotopic (exact) mass is 464 g/mol. The minimum absolute atomic E-state index is 0.0589. The van der Waals surface area contributed by atoms with Crippen molar-refractivity contribution in [2.45, 2.75) is 23.8 Å². The van der Waals surface area contributed by atoms with Crippen molar-refractivity contribution < 1.29 is 17.9 Å². The number of carbonyl (C=O) groups excluding carboxylic acids is 1. The summed E-state index contributed by atoms with van der Waals surface area (Å²) >= 11 is 0. The molecule has 1 heterocycles. The Kier molecular flexibility index (Phi) is 7.11. The molecule has 6 nitrogen and oxygen atoms in total. The van der Waals surface area contributed by atoms with Crippen LogP contribution in [0.2, 0.25) is 0 Å². The van der Waals surface area contributed by atoms with Crippen molar-refractivity contribution in [1.82, 2.24) is 9.62 Å². The third-order valence-electron chi connectivity index (χ3n) is 6.07. The van der Waals surface area contributed by atoms with Gasteiger partial charge in [-0.3, -0.25) is 4.79 Å². The number of carbonyl (C=O) groups is 1. The first-order chi connectivity index (χ1) is 16.0. The second kappa shape index (κ2) is 10.2. The fourth-order valence-corrected chi connectivity index (χ4v) is 5.65. The molecule has 1 saturated heterocycles. The molecule has 3 aromatic rings. The predicted molar refractivity (Wildman–Crippen MR) is 127 cm³/mol.